The second kappa shape index (κ2) is 8.42. The van der Waals surface area contributed by atoms with E-state index in [0.717, 1.165) is 10.6 Å². The van der Waals surface area contributed by atoms with Crippen LogP contribution < -0.4 is 10.1 Å². The molecular formula is C13H17NO4S. The summed E-state index contributed by atoms with van der Waals surface area (Å²) in [6.45, 7) is 2.21. The molecule has 19 heavy (non-hydrogen) atoms. The van der Waals surface area contributed by atoms with E-state index in [1.54, 1.807) is 0 Å². The lowest BCUT2D eigenvalue weighted by molar-refractivity contribution is -0.137. The minimum atomic E-state index is -1.04. The summed E-state index contributed by atoms with van der Waals surface area (Å²) in [6.07, 6.45) is 0.289. The van der Waals surface area contributed by atoms with Crippen LogP contribution in [0.3, 0.4) is 0 Å². The molecule has 0 aliphatic carbocycles. The molecule has 2 N–H and O–H groups in total. The van der Waals surface area contributed by atoms with Crippen molar-refractivity contribution in [1.29, 1.82) is 0 Å². The van der Waals surface area contributed by atoms with Crippen LogP contribution >= 0.6 is 11.8 Å². The van der Waals surface area contributed by atoms with Crippen molar-refractivity contribution in [1.82, 2.24) is 5.32 Å². The molecule has 0 radical (unpaired) electrons. The molecule has 0 aliphatic rings. The number of carboxylic acid groups (broad SMARTS) is 1. The topological polar surface area (TPSA) is 75.6 Å². The summed E-state index contributed by atoms with van der Waals surface area (Å²) < 4.78 is 5.38. The van der Waals surface area contributed by atoms with Crippen LogP contribution in [0.4, 0.5) is 0 Å². The lowest BCUT2D eigenvalue weighted by atomic mass is 10.3. The fraction of sp³-hybridized carbons (Fsp3) is 0.385. The van der Waals surface area contributed by atoms with E-state index in [0.29, 0.717) is 12.4 Å². The van der Waals surface area contributed by atoms with E-state index in [-0.39, 0.29) is 18.9 Å². The Kier molecular flexibility index (Phi) is 6.81. The average molecular weight is 283 g/mol. The van der Waals surface area contributed by atoms with Crippen LogP contribution in [-0.4, -0.2) is 35.9 Å². The largest absolute Gasteiger partial charge is 0.494 e. The number of thioether (sulfide) groups is 1. The number of hydrogen-bond donors (Lipinski definition) is 2. The van der Waals surface area contributed by atoms with E-state index in [1.807, 2.05) is 31.2 Å². The molecule has 0 fully saturated rings. The molecule has 0 unspecified atom stereocenters. The van der Waals surface area contributed by atoms with E-state index in [1.165, 1.54) is 11.8 Å². The van der Waals surface area contributed by atoms with Crippen molar-refractivity contribution in [2.45, 2.75) is 18.2 Å². The molecule has 104 valence electrons. The second-order valence-corrected chi connectivity index (χ2v) is 4.85. The van der Waals surface area contributed by atoms with E-state index < -0.39 is 5.97 Å². The van der Waals surface area contributed by atoms with Gasteiger partial charge in [0.2, 0.25) is 5.91 Å². The first-order valence-corrected chi connectivity index (χ1v) is 6.94. The van der Waals surface area contributed by atoms with Gasteiger partial charge in [0.15, 0.2) is 0 Å². The molecule has 0 atom stereocenters. The summed E-state index contributed by atoms with van der Waals surface area (Å²) in [6, 6.07) is 7.65. The number of carbonyl (C=O) groups is 2. The van der Waals surface area contributed by atoms with Crippen molar-refractivity contribution in [3.8, 4) is 5.75 Å². The SMILES string of the molecule is CCOc1cccc(SCCC(=O)NCC(=O)O)c1. The minimum Gasteiger partial charge on any atom is -0.494 e. The van der Waals surface area contributed by atoms with Crippen LogP contribution in [0, 0.1) is 0 Å². The number of aliphatic carboxylic acids is 1. The highest BCUT2D eigenvalue weighted by molar-refractivity contribution is 7.99. The maximum Gasteiger partial charge on any atom is 0.322 e. The zero-order chi connectivity index (χ0) is 14.1. The quantitative estimate of drug-likeness (QED) is 0.711. The van der Waals surface area contributed by atoms with Crippen LogP contribution in [0.15, 0.2) is 29.2 Å². The van der Waals surface area contributed by atoms with Gasteiger partial charge in [0.05, 0.1) is 6.61 Å². The first-order valence-electron chi connectivity index (χ1n) is 5.96. The molecule has 0 aliphatic heterocycles. The Bertz CT molecular complexity index is 436. The van der Waals surface area contributed by atoms with E-state index in [9.17, 15) is 9.59 Å². The third-order valence-electron chi connectivity index (χ3n) is 2.15. The van der Waals surface area contributed by atoms with Crippen molar-refractivity contribution in [2.75, 3.05) is 18.9 Å². The fourth-order valence-electron chi connectivity index (χ4n) is 1.34. The third-order valence-corrected chi connectivity index (χ3v) is 3.15. The Morgan fingerprint density at radius 3 is 2.89 bits per heavy atom. The minimum absolute atomic E-state index is 0.254. The van der Waals surface area contributed by atoms with Gasteiger partial charge >= 0.3 is 5.97 Å². The summed E-state index contributed by atoms with van der Waals surface area (Å²) in [7, 11) is 0. The van der Waals surface area contributed by atoms with Crippen LogP contribution in [0.25, 0.3) is 0 Å². The van der Waals surface area contributed by atoms with Gasteiger partial charge in [0, 0.05) is 17.1 Å². The third kappa shape index (κ3) is 6.71. The molecule has 0 saturated carbocycles. The molecule has 0 spiro atoms. The Balaban J connectivity index is 2.30. The highest BCUT2D eigenvalue weighted by atomic mass is 32.2. The summed E-state index contributed by atoms with van der Waals surface area (Å²) >= 11 is 1.53. The van der Waals surface area contributed by atoms with Gasteiger partial charge in [0.1, 0.15) is 12.3 Å². The molecule has 0 aromatic heterocycles. The van der Waals surface area contributed by atoms with Gasteiger partial charge in [-0.05, 0) is 25.1 Å². The van der Waals surface area contributed by atoms with E-state index in [4.69, 9.17) is 9.84 Å². The molecular weight excluding hydrogens is 266 g/mol. The van der Waals surface area contributed by atoms with Crippen LogP contribution in [-0.2, 0) is 9.59 Å². The Morgan fingerprint density at radius 2 is 2.21 bits per heavy atom. The first kappa shape index (κ1) is 15.4. The van der Waals surface area contributed by atoms with Crippen molar-refractivity contribution in [3.05, 3.63) is 24.3 Å². The Morgan fingerprint density at radius 1 is 1.42 bits per heavy atom. The lowest BCUT2D eigenvalue weighted by Crippen LogP contribution is -2.29. The smallest absolute Gasteiger partial charge is 0.322 e. The maximum absolute atomic E-state index is 11.3. The summed E-state index contributed by atoms with van der Waals surface area (Å²) in [5, 5.41) is 10.7. The lowest BCUT2D eigenvalue weighted by Gasteiger charge is -2.06. The van der Waals surface area contributed by atoms with E-state index >= 15 is 0 Å². The zero-order valence-electron chi connectivity index (χ0n) is 10.7. The highest BCUT2D eigenvalue weighted by Crippen LogP contribution is 2.23. The fourth-order valence-corrected chi connectivity index (χ4v) is 2.24. The molecule has 0 heterocycles. The number of hydrogen-bond acceptors (Lipinski definition) is 4. The predicted molar refractivity (Wildman–Crippen MR) is 73.6 cm³/mol. The molecule has 6 heteroatoms. The standard InChI is InChI=1S/C13H17NO4S/c1-2-18-10-4-3-5-11(8-10)19-7-6-12(15)14-9-13(16)17/h3-5,8H,2,6-7,9H2,1H3,(H,14,15)(H,16,17). The number of benzene rings is 1. The summed E-state index contributed by atoms with van der Waals surface area (Å²) in [5.74, 6) is 0.116. The van der Waals surface area contributed by atoms with Crippen LogP contribution in [0.1, 0.15) is 13.3 Å². The highest BCUT2D eigenvalue weighted by Gasteiger charge is 2.04. The second-order valence-electron chi connectivity index (χ2n) is 3.68. The number of rotatable bonds is 8. The summed E-state index contributed by atoms with van der Waals surface area (Å²) in [4.78, 5) is 22.6. The molecule has 1 aromatic rings. The Labute approximate surface area is 116 Å². The Hall–Kier alpha value is -1.69. The van der Waals surface area contributed by atoms with Gasteiger partial charge in [-0.15, -0.1) is 11.8 Å². The van der Waals surface area contributed by atoms with E-state index in [2.05, 4.69) is 5.32 Å². The molecule has 1 aromatic carbocycles. The van der Waals surface area contributed by atoms with Crippen LogP contribution in [0.5, 0.6) is 5.75 Å². The molecule has 1 amide bonds. The number of ether oxygens (including phenoxy) is 1. The van der Waals surface area contributed by atoms with Gasteiger partial charge < -0.3 is 15.2 Å². The van der Waals surface area contributed by atoms with Crippen molar-refractivity contribution in [3.63, 3.8) is 0 Å². The predicted octanol–water partition coefficient (Wildman–Crippen LogP) is 1.77. The van der Waals surface area contributed by atoms with Gasteiger partial charge in [0.25, 0.3) is 0 Å². The summed E-state index contributed by atoms with van der Waals surface area (Å²) in [5.41, 5.74) is 0. The number of carbonyl (C=O) groups excluding carboxylic acids is 1. The first-order chi connectivity index (χ1) is 9.11. The zero-order valence-corrected chi connectivity index (χ0v) is 11.5. The van der Waals surface area contributed by atoms with Crippen molar-refractivity contribution in [2.24, 2.45) is 0 Å². The van der Waals surface area contributed by atoms with Gasteiger partial charge in [-0.1, -0.05) is 6.07 Å². The molecule has 0 saturated heterocycles. The number of amides is 1. The normalized spacial score (nSPS) is 9.95. The van der Waals surface area contributed by atoms with Gasteiger partial charge in [-0.2, -0.15) is 0 Å². The number of carboxylic acids is 1. The molecule has 1 rings (SSSR count). The van der Waals surface area contributed by atoms with Crippen molar-refractivity contribution < 1.29 is 19.4 Å². The number of nitrogens with one attached hydrogen (secondary N) is 1. The monoisotopic (exact) mass is 283 g/mol. The van der Waals surface area contributed by atoms with Crippen LogP contribution in [0.2, 0.25) is 0 Å². The molecule has 0 bridgehead atoms. The van der Waals surface area contributed by atoms with Gasteiger partial charge in [-0.3, -0.25) is 9.59 Å². The average Bonchev–Trinajstić information content (AvgIpc) is 2.37. The molecule has 5 nitrogen and oxygen atoms in total. The van der Waals surface area contributed by atoms with Gasteiger partial charge in [-0.25, -0.2) is 0 Å². The van der Waals surface area contributed by atoms with Crippen molar-refractivity contribution >= 4 is 23.6 Å². The maximum atomic E-state index is 11.3.